The first-order valence-corrected chi connectivity index (χ1v) is 10.8. The summed E-state index contributed by atoms with van der Waals surface area (Å²) in [5.41, 5.74) is -0.326. The van der Waals surface area contributed by atoms with E-state index in [1.165, 1.54) is 42.5 Å². The third-order valence-electron chi connectivity index (χ3n) is 4.36. The highest BCUT2D eigenvalue weighted by Crippen LogP contribution is 2.50. The lowest BCUT2D eigenvalue weighted by Crippen LogP contribution is -2.38. The maximum Gasteiger partial charge on any atom is 0.283 e. The van der Waals surface area contributed by atoms with E-state index in [2.05, 4.69) is 0 Å². The smallest absolute Gasteiger partial charge is 0.283 e. The number of hydrogen-bond donors (Lipinski definition) is 3. The lowest BCUT2D eigenvalue weighted by molar-refractivity contribution is 0.455. The third-order valence-corrected chi connectivity index (χ3v) is 7.16. The van der Waals surface area contributed by atoms with Gasteiger partial charge in [-0.3, -0.25) is 4.55 Å². The van der Waals surface area contributed by atoms with Crippen molar-refractivity contribution in [2.75, 3.05) is 0 Å². The van der Waals surface area contributed by atoms with Crippen LogP contribution in [0.3, 0.4) is 0 Å². The van der Waals surface area contributed by atoms with Gasteiger partial charge in [0.1, 0.15) is 11.5 Å². The average Bonchev–Trinajstić information content (AvgIpc) is 2.60. The van der Waals surface area contributed by atoms with E-state index in [4.69, 9.17) is 46.4 Å². The van der Waals surface area contributed by atoms with Crippen LogP contribution >= 0.6 is 46.4 Å². The molecular weight excluding hydrogens is 482 g/mol. The Labute approximate surface area is 186 Å². The van der Waals surface area contributed by atoms with Crippen molar-refractivity contribution in [3.8, 4) is 11.5 Å². The monoisotopic (exact) mass is 492 g/mol. The predicted molar refractivity (Wildman–Crippen MR) is 114 cm³/mol. The molecular formula is C19H12Cl4O5S. The Hall–Kier alpha value is -1.67. The van der Waals surface area contributed by atoms with Gasteiger partial charge in [0.25, 0.3) is 10.1 Å². The van der Waals surface area contributed by atoms with Crippen LogP contribution in [0.5, 0.6) is 11.5 Å². The molecule has 0 radical (unpaired) electrons. The van der Waals surface area contributed by atoms with Crippen LogP contribution in [0.4, 0.5) is 0 Å². The van der Waals surface area contributed by atoms with Crippen LogP contribution < -0.4 is 0 Å². The zero-order valence-corrected chi connectivity index (χ0v) is 18.1. The zero-order valence-electron chi connectivity index (χ0n) is 14.3. The molecule has 5 nitrogen and oxygen atoms in total. The van der Waals surface area contributed by atoms with Crippen molar-refractivity contribution in [1.29, 1.82) is 0 Å². The highest BCUT2D eigenvalue weighted by molar-refractivity contribution is 7.87. The van der Waals surface area contributed by atoms with Crippen LogP contribution in [0.25, 0.3) is 0 Å². The van der Waals surface area contributed by atoms with Crippen LogP contribution in [0.15, 0.2) is 54.6 Å². The van der Waals surface area contributed by atoms with Crippen molar-refractivity contribution in [1.82, 2.24) is 0 Å². The van der Waals surface area contributed by atoms with Gasteiger partial charge in [-0.25, -0.2) is 0 Å². The second kappa shape index (κ2) is 7.87. The van der Waals surface area contributed by atoms with Crippen molar-refractivity contribution in [2.24, 2.45) is 0 Å². The lowest BCUT2D eigenvalue weighted by Gasteiger charge is -2.34. The SMILES string of the molecule is O=S(=O)(O)C(c1cccc(O)c1)(c1ccc(O)cc1Cl)c1cc(Cl)c(Cl)cc1Cl. The minimum Gasteiger partial charge on any atom is -0.508 e. The summed E-state index contributed by atoms with van der Waals surface area (Å²) in [4.78, 5) is 0. The third kappa shape index (κ3) is 3.77. The van der Waals surface area contributed by atoms with E-state index in [1.54, 1.807) is 0 Å². The van der Waals surface area contributed by atoms with Crippen molar-refractivity contribution in [3.05, 3.63) is 91.4 Å². The van der Waals surface area contributed by atoms with Gasteiger partial charge in [0.05, 0.1) is 10.0 Å². The highest BCUT2D eigenvalue weighted by atomic mass is 35.5. The van der Waals surface area contributed by atoms with E-state index in [-0.39, 0.29) is 48.3 Å². The topological polar surface area (TPSA) is 94.8 Å². The quantitative estimate of drug-likeness (QED) is 0.239. The first kappa shape index (κ1) is 22.0. The van der Waals surface area contributed by atoms with Gasteiger partial charge in [-0.1, -0.05) is 64.6 Å². The molecule has 0 fully saturated rings. The van der Waals surface area contributed by atoms with Crippen LogP contribution in [0, 0.1) is 0 Å². The van der Waals surface area contributed by atoms with Gasteiger partial charge in [-0.05, 0) is 42.0 Å². The molecule has 0 bridgehead atoms. The second-order valence-electron chi connectivity index (χ2n) is 6.12. The largest absolute Gasteiger partial charge is 0.508 e. The van der Waals surface area contributed by atoms with E-state index >= 15 is 0 Å². The van der Waals surface area contributed by atoms with Gasteiger partial charge < -0.3 is 10.2 Å². The molecule has 29 heavy (non-hydrogen) atoms. The van der Waals surface area contributed by atoms with Gasteiger partial charge in [0.2, 0.25) is 0 Å². The first-order valence-electron chi connectivity index (χ1n) is 7.89. The molecule has 0 aliphatic heterocycles. The molecule has 0 amide bonds. The number of aromatic hydroxyl groups is 2. The van der Waals surface area contributed by atoms with Crippen molar-refractivity contribution in [3.63, 3.8) is 0 Å². The van der Waals surface area contributed by atoms with E-state index in [0.717, 1.165) is 12.1 Å². The number of halogens is 4. The minimum absolute atomic E-state index is 0.0193. The Kier molecular flexibility index (Phi) is 5.98. The molecule has 1 atom stereocenters. The summed E-state index contributed by atoms with van der Waals surface area (Å²) in [6.45, 7) is 0. The molecule has 1 unspecified atom stereocenters. The van der Waals surface area contributed by atoms with Crippen molar-refractivity contribution < 1.29 is 23.2 Å². The van der Waals surface area contributed by atoms with Gasteiger partial charge in [-0.2, -0.15) is 8.42 Å². The molecule has 3 aromatic rings. The lowest BCUT2D eigenvalue weighted by atomic mass is 9.83. The fourth-order valence-electron chi connectivity index (χ4n) is 3.19. The Morgan fingerprint density at radius 2 is 1.28 bits per heavy atom. The van der Waals surface area contributed by atoms with Crippen molar-refractivity contribution >= 4 is 56.5 Å². The Bertz CT molecular complexity index is 1210. The van der Waals surface area contributed by atoms with E-state index in [9.17, 15) is 23.2 Å². The van der Waals surface area contributed by atoms with Gasteiger partial charge >= 0.3 is 0 Å². The van der Waals surface area contributed by atoms with Crippen LogP contribution in [-0.2, 0) is 14.9 Å². The van der Waals surface area contributed by atoms with Gasteiger partial charge in [0, 0.05) is 21.2 Å². The van der Waals surface area contributed by atoms with Crippen LogP contribution in [0.2, 0.25) is 20.1 Å². The molecule has 3 aromatic carbocycles. The molecule has 0 spiro atoms. The van der Waals surface area contributed by atoms with E-state index in [0.29, 0.717) is 0 Å². The van der Waals surface area contributed by atoms with Crippen molar-refractivity contribution in [2.45, 2.75) is 4.75 Å². The normalized spacial score (nSPS) is 13.8. The summed E-state index contributed by atoms with van der Waals surface area (Å²) >= 11 is 24.7. The summed E-state index contributed by atoms with van der Waals surface area (Å²) in [5.74, 6) is -0.485. The summed E-state index contributed by atoms with van der Waals surface area (Å²) < 4.78 is 34.0. The number of hydrogen-bond acceptors (Lipinski definition) is 4. The first-order chi connectivity index (χ1) is 13.5. The molecule has 0 aliphatic rings. The van der Waals surface area contributed by atoms with Gasteiger partial charge in [-0.15, -0.1) is 0 Å². The van der Waals surface area contributed by atoms with Gasteiger partial charge in [0.15, 0.2) is 4.75 Å². The van der Waals surface area contributed by atoms with Crippen LogP contribution in [-0.4, -0.2) is 23.2 Å². The Morgan fingerprint density at radius 1 is 0.690 bits per heavy atom. The predicted octanol–water partition coefficient (Wildman–Crippen LogP) is 5.89. The number of phenols is 2. The fraction of sp³-hybridized carbons (Fsp3) is 0.0526. The standard InChI is InChI=1S/C19H12Cl4O5S/c20-15-7-12(25)4-5-13(15)19(29(26,27)28,10-2-1-3-11(24)6-10)14-8-17(22)18(23)9-16(14)21/h1-9,24-25H,(H,26,27,28). The molecule has 3 N–H and O–H groups in total. The molecule has 0 saturated heterocycles. The summed E-state index contributed by atoms with van der Waals surface area (Å²) in [5, 5.41) is 19.5. The highest BCUT2D eigenvalue weighted by Gasteiger charge is 2.51. The molecule has 0 saturated carbocycles. The molecule has 0 heterocycles. The summed E-state index contributed by atoms with van der Waals surface area (Å²) in [7, 11) is -5.05. The minimum atomic E-state index is -5.05. The zero-order chi connectivity index (χ0) is 21.6. The summed E-state index contributed by atoms with van der Waals surface area (Å²) in [6.07, 6.45) is 0. The maximum absolute atomic E-state index is 13.0. The number of rotatable bonds is 4. The number of phenolic OH excluding ortho intramolecular Hbond substituents is 2. The Balaban J connectivity index is 2.61. The van der Waals surface area contributed by atoms with E-state index in [1.807, 2.05) is 0 Å². The Morgan fingerprint density at radius 3 is 1.86 bits per heavy atom. The van der Waals surface area contributed by atoms with Crippen LogP contribution in [0.1, 0.15) is 16.7 Å². The maximum atomic E-state index is 13.0. The molecule has 10 heteroatoms. The average molecular weight is 494 g/mol. The molecule has 0 aliphatic carbocycles. The molecule has 0 aromatic heterocycles. The number of benzene rings is 3. The molecule has 3 rings (SSSR count). The second-order valence-corrected chi connectivity index (χ2v) is 9.31. The van der Waals surface area contributed by atoms with E-state index < -0.39 is 14.9 Å². The fourth-order valence-corrected chi connectivity index (χ4v) is 5.63. The summed E-state index contributed by atoms with van der Waals surface area (Å²) in [6, 6.07) is 11.2. The molecule has 152 valence electrons.